The van der Waals surface area contributed by atoms with E-state index in [1.54, 1.807) is 20.8 Å². The van der Waals surface area contributed by atoms with Crippen LogP contribution in [0.1, 0.15) is 64.5 Å². The zero-order chi connectivity index (χ0) is 29.2. The fraction of sp³-hybridized carbons (Fsp3) is 0.219. The minimum Gasteiger partial charge on any atom is -0.472 e. The van der Waals surface area contributed by atoms with E-state index in [1.807, 2.05) is 91.0 Å². The van der Waals surface area contributed by atoms with Crippen LogP contribution in [0.25, 0.3) is 0 Å². The molecule has 0 aliphatic rings. The van der Waals surface area contributed by atoms with E-state index in [4.69, 9.17) is 9.47 Å². The van der Waals surface area contributed by atoms with Gasteiger partial charge in [0, 0.05) is 6.20 Å². The van der Waals surface area contributed by atoms with Crippen molar-refractivity contribution in [1.29, 1.82) is 0 Å². The van der Waals surface area contributed by atoms with Crippen molar-refractivity contribution in [3.05, 3.63) is 125 Å². The van der Waals surface area contributed by atoms with Crippen LogP contribution in [0.2, 0.25) is 0 Å². The number of ether oxygens (including phenoxy) is 2. The molecule has 4 rings (SSSR count). The van der Waals surface area contributed by atoms with Crippen LogP contribution >= 0.6 is 0 Å². The zero-order valence-electron chi connectivity index (χ0n) is 23.2. The maximum absolute atomic E-state index is 13.6. The highest BCUT2D eigenvalue weighted by Gasteiger charge is 2.24. The monoisotopic (exact) mass is 552 g/mol. The molecule has 0 saturated carbocycles. The number of carbonyl (C=O) groups excluding carboxylic acids is 3. The summed E-state index contributed by atoms with van der Waals surface area (Å²) in [5.41, 5.74) is 1.99. The maximum atomic E-state index is 13.6. The van der Waals surface area contributed by atoms with Gasteiger partial charge in [-0.15, -0.1) is 0 Å². The molecule has 0 unspecified atom stereocenters. The Morgan fingerprint density at radius 2 is 1.37 bits per heavy atom. The molecule has 1 aromatic heterocycles. The number of esters is 1. The molecule has 0 saturated heterocycles. The fourth-order valence-electron chi connectivity index (χ4n) is 3.94. The largest absolute Gasteiger partial charge is 0.472 e. The van der Waals surface area contributed by atoms with Gasteiger partial charge in [-0.1, -0.05) is 91.0 Å². The average molecular weight is 553 g/mol. The molecule has 1 heterocycles. The summed E-state index contributed by atoms with van der Waals surface area (Å²) in [5, 5.41) is 5.51. The number of aromatic nitrogens is 2. The van der Waals surface area contributed by atoms with Gasteiger partial charge in [-0.3, -0.25) is 14.4 Å². The van der Waals surface area contributed by atoms with Gasteiger partial charge in [0.2, 0.25) is 11.7 Å². The van der Waals surface area contributed by atoms with Crippen LogP contribution in [0.4, 0.5) is 0 Å². The smallest absolute Gasteiger partial charge is 0.325 e. The molecule has 210 valence electrons. The summed E-state index contributed by atoms with van der Waals surface area (Å²) >= 11 is 0. The van der Waals surface area contributed by atoms with E-state index in [-0.39, 0.29) is 30.4 Å². The Hall–Kier alpha value is -5.05. The van der Waals surface area contributed by atoms with Gasteiger partial charge in [-0.2, -0.15) is 4.98 Å². The van der Waals surface area contributed by atoms with Crippen LogP contribution in [-0.2, 0) is 16.1 Å². The standard InChI is InChI=1S/C32H32N4O5/c1-32(2,3)41-26(37)20-34-30(39)28-33-19-25(31(36-28)40-21-22-13-7-4-8-14-22)29(38)35-27(23-15-9-5-10-16-23)24-17-11-6-12-18-24/h4-19,27H,20-21H2,1-3H3,(H,34,39)(H,35,38). The van der Waals surface area contributed by atoms with Crippen LogP contribution in [-0.4, -0.2) is 39.9 Å². The van der Waals surface area contributed by atoms with Gasteiger partial charge < -0.3 is 20.1 Å². The predicted molar refractivity (Wildman–Crippen MR) is 153 cm³/mol. The third-order valence-corrected chi connectivity index (χ3v) is 5.77. The van der Waals surface area contributed by atoms with E-state index in [1.165, 1.54) is 6.20 Å². The Labute approximate surface area is 239 Å². The normalized spacial score (nSPS) is 11.0. The molecule has 0 bridgehead atoms. The summed E-state index contributed by atoms with van der Waals surface area (Å²) < 4.78 is 11.2. The van der Waals surface area contributed by atoms with Gasteiger partial charge in [0.25, 0.3) is 11.8 Å². The van der Waals surface area contributed by atoms with Crippen molar-refractivity contribution in [3.8, 4) is 5.88 Å². The molecule has 0 aliphatic carbocycles. The summed E-state index contributed by atoms with van der Waals surface area (Å²) in [6.45, 7) is 4.94. The van der Waals surface area contributed by atoms with Crippen molar-refractivity contribution in [2.75, 3.05) is 6.54 Å². The molecule has 0 fully saturated rings. The molecule has 41 heavy (non-hydrogen) atoms. The number of amides is 2. The van der Waals surface area contributed by atoms with Crippen LogP contribution in [0.5, 0.6) is 5.88 Å². The van der Waals surface area contributed by atoms with Crippen molar-refractivity contribution >= 4 is 17.8 Å². The molecule has 0 radical (unpaired) electrons. The number of rotatable bonds is 10. The number of hydrogen-bond donors (Lipinski definition) is 2. The van der Waals surface area contributed by atoms with Crippen LogP contribution in [0.3, 0.4) is 0 Å². The molecular weight excluding hydrogens is 520 g/mol. The van der Waals surface area contributed by atoms with Gasteiger partial charge in [-0.25, -0.2) is 4.98 Å². The van der Waals surface area contributed by atoms with Gasteiger partial charge in [0.15, 0.2) is 0 Å². The summed E-state index contributed by atoms with van der Waals surface area (Å²) in [5.74, 6) is -2.11. The molecular formula is C32H32N4O5. The van der Waals surface area contributed by atoms with Crippen molar-refractivity contribution < 1.29 is 23.9 Å². The van der Waals surface area contributed by atoms with E-state index in [0.29, 0.717) is 0 Å². The SMILES string of the molecule is CC(C)(C)OC(=O)CNC(=O)c1ncc(C(=O)NC(c2ccccc2)c2ccccc2)c(OCc2ccccc2)n1. The lowest BCUT2D eigenvalue weighted by atomic mass is 9.98. The van der Waals surface area contributed by atoms with Crippen LogP contribution < -0.4 is 15.4 Å². The Kier molecular flexibility index (Phi) is 9.42. The molecule has 2 N–H and O–H groups in total. The Balaban J connectivity index is 1.59. The first-order chi connectivity index (χ1) is 19.7. The van der Waals surface area contributed by atoms with E-state index in [2.05, 4.69) is 20.6 Å². The first kappa shape index (κ1) is 28.9. The third kappa shape index (κ3) is 8.47. The zero-order valence-corrected chi connectivity index (χ0v) is 23.2. The molecule has 2 amide bonds. The molecule has 0 aliphatic heterocycles. The second kappa shape index (κ2) is 13.3. The van der Waals surface area contributed by atoms with Crippen molar-refractivity contribution in [2.45, 2.75) is 39.0 Å². The maximum Gasteiger partial charge on any atom is 0.325 e. The first-order valence-electron chi connectivity index (χ1n) is 13.1. The Bertz CT molecular complexity index is 1430. The lowest BCUT2D eigenvalue weighted by Crippen LogP contribution is -2.35. The summed E-state index contributed by atoms with van der Waals surface area (Å²) in [4.78, 5) is 46.8. The highest BCUT2D eigenvalue weighted by molar-refractivity contribution is 5.98. The lowest BCUT2D eigenvalue weighted by molar-refractivity contribution is -0.153. The first-order valence-corrected chi connectivity index (χ1v) is 13.1. The van der Waals surface area contributed by atoms with E-state index in [9.17, 15) is 14.4 Å². The van der Waals surface area contributed by atoms with Gasteiger partial charge in [0.05, 0.1) is 6.04 Å². The predicted octanol–water partition coefficient (Wildman–Crippen LogP) is 4.65. The highest BCUT2D eigenvalue weighted by atomic mass is 16.6. The van der Waals surface area contributed by atoms with Gasteiger partial charge >= 0.3 is 5.97 Å². The van der Waals surface area contributed by atoms with Gasteiger partial charge in [-0.05, 0) is 37.5 Å². The van der Waals surface area contributed by atoms with Crippen LogP contribution in [0, 0.1) is 0 Å². The van der Waals surface area contributed by atoms with Crippen molar-refractivity contribution in [3.63, 3.8) is 0 Å². The summed E-state index contributed by atoms with van der Waals surface area (Å²) in [7, 11) is 0. The lowest BCUT2D eigenvalue weighted by Gasteiger charge is -2.21. The molecule has 0 spiro atoms. The Morgan fingerprint density at radius 1 is 0.805 bits per heavy atom. The summed E-state index contributed by atoms with van der Waals surface area (Å²) in [6.07, 6.45) is 1.25. The quantitative estimate of drug-likeness (QED) is 0.275. The van der Waals surface area contributed by atoms with E-state index in [0.717, 1.165) is 16.7 Å². The molecule has 3 aromatic carbocycles. The molecule has 9 nitrogen and oxygen atoms in total. The topological polar surface area (TPSA) is 120 Å². The second-order valence-electron chi connectivity index (χ2n) is 10.2. The number of nitrogens with one attached hydrogen (secondary N) is 2. The minimum atomic E-state index is -0.709. The van der Waals surface area contributed by atoms with Crippen LogP contribution in [0.15, 0.2) is 97.2 Å². The minimum absolute atomic E-state index is 0.0569. The Morgan fingerprint density at radius 3 is 1.93 bits per heavy atom. The molecule has 9 heteroatoms. The fourth-order valence-corrected chi connectivity index (χ4v) is 3.94. The number of nitrogens with zero attached hydrogens (tertiary/aromatic N) is 2. The number of hydrogen-bond acceptors (Lipinski definition) is 7. The summed E-state index contributed by atoms with van der Waals surface area (Å²) in [6, 6.07) is 28.0. The van der Waals surface area contributed by atoms with Crippen molar-refractivity contribution in [1.82, 2.24) is 20.6 Å². The van der Waals surface area contributed by atoms with E-state index < -0.39 is 29.4 Å². The highest BCUT2D eigenvalue weighted by Crippen LogP contribution is 2.24. The van der Waals surface area contributed by atoms with E-state index >= 15 is 0 Å². The number of benzene rings is 3. The third-order valence-electron chi connectivity index (χ3n) is 5.77. The second-order valence-corrected chi connectivity index (χ2v) is 10.2. The molecule has 0 atom stereocenters. The van der Waals surface area contributed by atoms with Crippen molar-refractivity contribution in [2.24, 2.45) is 0 Å². The van der Waals surface area contributed by atoms with Gasteiger partial charge in [0.1, 0.15) is 24.3 Å². The molecule has 4 aromatic rings. The average Bonchev–Trinajstić information content (AvgIpc) is 2.98. The number of carbonyl (C=O) groups is 3.